The fourth-order valence-electron chi connectivity index (χ4n) is 6.80. The summed E-state index contributed by atoms with van der Waals surface area (Å²) in [6.07, 6.45) is 6.70. The largest absolute Gasteiger partial charge is 0.325 e. The van der Waals surface area contributed by atoms with Gasteiger partial charge in [0.05, 0.1) is 11.0 Å². The van der Waals surface area contributed by atoms with Gasteiger partial charge in [0.25, 0.3) is 5.91 Å². The van der Waals surface area contributed by atoms with Crippen LogP contribution in [0.4, 0.5) is 15.9 Å². The van der Waals surface area contributed by atoms with E-state index >= 15 is 0 Å². The van der Waals surface area contributed by atoms with Gasteiger partial charge < -0.3 is 10.6 Å². The molecule has 40 heavy (non-hydrogen) atoms. The number of carbonyl (C=O) groups is 3. The smallest absolute Gasteiger partial charge is 0.256 e. The van der Waals surface area contributed by atoms with Gasteiger partial charge in [-0.3, -0.25) is 24.3 Å². The maximum Gasteiger partial charge on any atom is 0.256 e. The van der Waals surface area contributed by atoms with Crippen LogP contribution in [0.3, 0.4) is 0 Å². The second kappa shape index (κ2) is 9.08. The van der Waals surface area contributed by atoms with Crippen molar-refractivity contribution in [3.05, 3.63) is 88.9 Å². The number of amides is 3. The molecule has 2 N–H and O–H groups in total. The summed E-state index contributed by atoms with van der Waals surface area (Å²) in [5.74, 6) is -0.357. The van der Waals surface area contributed by atoms with E-state index in [1.807, 2.05) is 30.3 Å². The molecule has 9 heteroatoms. The number of hydrogen-bond donors (Lipinski definition) is 2. The lowest BCUT2D eigenvalue weighted by Gasteiger charge is -2.29. The average Bonchev–Trinajstić information content (AvgIpc) is 3.56. The number of nitrogens with zero attached hydrogens (tertiary/aromatic N) is 3. The highest BCUT2D eigenvalue weighted by molar-refractivity contribution is 6.17. The zero-order chi connectivity index (χ0) is 27.5. The van der Waals surface area contributed by atoms with Crippen LogP contribution >= 0.6 is 0 Å². The Bertz CT molecular complexity index is 1610. The zero-order valence-corrected chi connectivity index (χ0v) is 21.9. The molecule has 1 fully saturated rings. The standard InChI is InChI=1S/C31H28FN5O3/c32-24-9-3-2-7-22(24)27-36-31(12-4-1-5-13-31)29(40)37(27)18-25(38)34-21-11-10-19-16-30(17-20(19)15-21)23-8-6-14-33-26(23)35-28(30)39/h2-3,6-11,14-15H,1,4-5,12-13,16-18H2,(H,34,38)(H,33,35,39). The van der Waals surface area contributed by atoms with E-state index in [-0.39, 0.29) is 29.8 Å². The van der Waals surface area contributed by atoms with Crippen LogP contribution in [0, 0.1) is 5.82 Å². The number of rotatable bonds is 4. The number of anilines is 2. The number of aromatic nitrogens is 1. The maximum atomic E-state index is 14.8. The predicted octanol–water partition coefficient (Wildman–Crippen LogP) is 4.14. The van der Waals surface area contributed by atoms with Crippen molar-refractivity contribution in [2.45, 2.75) is 55.9 Å². The van der Waals surface area contributed by atoms with Crippen LogP contribution in [0.5, 0.6) is 0 Å². The van der Waals surface area contributed by atoms with Crippen LogP contribution in [-0.2, 0) is 32.6 Å². The van der Waals surface area contributed by atoms with Gasteiger partial charge in [-0.1, -0.05) is 43.5 Å². The van der Waals surface area contributed by atoms with E-state index < -0.39 is 22.7 Å². The lowest BCUT2D eigenvalue weighted by Crippen LogP contribution is -2.46. The molecule has 3 heterocycles. The maximum absolute atomic E-state index is 14.8. The highest BCUT2D eigenvalue weighted by Crippen LogP contribution is 2.47. The number of benzene rings is 2. The van der Waals surface area contributed by atoms with Crippen LogP contribution in [0.1, 0.15) is 54.4 Å². The molecule has 1 aromatic heterocycles. The van der Waals surface area contributed by atoms with Gasteiger partial charge in [0.2, 0.25) is 11.8 Å². The number of aliphatic imine (C=N–C) groups is 1. The second-order valence-corrected chi connectivity index (χ2v) is 11.2. The quantitative estimate of drug-likeness (QED) is 0.522. The Morgan fingerprint density at radius 2 is 1.80 bits per heavy atom. The fraction of sp³-hybridized carbons (Fsp3) is 0.323. The zero-order valence-electron chi connectivity index (χ0n) is 21.9. The van der Waals surface area contributed by atoms with Gasteiger partial charge in [0, 0.05) is 17.4 Å². The van der Waals surface area contributed by atoms with E-state index in [2.05, 4.69) is 15.6 Å². The van der Waals surface area contributed by atoms with Crippen molar-refractivity contribution in [3.8, 4) is 0 Å². The Morgan fingerprint density at radius 3 is 2.62 bits per heavy atom. The third-order valence-corrected chi connectivity index (χ3v) is 8.78. The topological polar surface area (TPSA) is 104 Å². The van der Waals surface area contributed by atoms with Crippen molar-refractivity contribution in [1.29, 1.82) is 0 Å². The van der Waals surface area contributed by atoms with Crippen molar-refractivity contribution in [3.63, 3.8) is 0 Å². The van der Waals surface area contributed by atoms with E-state index in [0.29, 0.717) is 37.2 Å². The van der Waals surface area contributed by atoms with Gasteiger partial charge in [-0.05, 0) is 67.1 Å². The highest BCUT2D eigenvalue weighted by atomic mass is 19.1. The number of carbonyl (C=O) groups excluding carboxylic acids is 3. The van der Waals surface area contributed by atoms with Crippen molar-refractivity contribution in [2.24, 2.45) is 4.99 Å². The minimum Gasteiger partial charge on any atom is -0.325 e. The predicted molar refractivity (Wildman–Crippen MR) is 147 cm³/mol. The van der Waals surface area contributed by atoms with Gasteiger partial charge in [-0.2, -0.15) is 0 Å². The summed E-state index contributed by atoms with van der Waals surface area (Å²) in [6, 6.07) is 15.6. The van der Waals surface area contributed by atoms with Crippen LogP contribution in [0.15, 0.2) is 65.8 Å². The third kappa shape index (κ3) is 3.75. The Morgan fingerprint density at radius 1 is 1.00 bits per heavy atom. The molecule has 0 radical (unpaired) electrons. The molecule has 2 aromatic carbocycles. The van der Waals surface area contributed by atoms with Crippen LogP contribution < -0.4 is 10.6 Å². The molecule has 3 amide bonds. The molecule has 0 saturated heterocycles. The summed E-state index contributed by atoms with van der Waals surface area (Å²) in [5.41, 5.74) is 2.10. The molecule has 3 aromatic rings. The number of fused-ring (bicyclic) bond motifs is 3. The first-order chi connectivity index (χ1) is 19.4. The normalized spacial score (nSPS) is 22.3. The van der Waals surface area contributed by atoms with E-state index in [0.717, 1.165) is 36.0 Å². The number of amidine groups is 1. The monoisotopic (exact) mass is 537 g/mol. The van der Waals surface area contributed by atoms with E-state index in [1.54, 1.807) is 24.4 Å². The molecule has 8 nitrogen and oxygen atoms in total. The first-order valence-corrected chi connectivity index (χ1v) is 13.7. The van der Waals surface area contributed by atoms with E-state index in [9.17, 15) is 18.8 Å². The first-order valence-electron chi connectivity index (χ1n) is 13.7. The minimum absolute atomic E-state index is 0.0628. The Balaban J connectivity index is 1.12. The second-order valence-electron chi connectivity index (χ2n) is 11.2. The summed E-state index contributed by atoms with van der Waals surface area (Å²) < 4.78 is 14.8. The summed E-state index contributed by atoms with van der Waals surface area (Å²) in [6.45, 7) is -0.268. The van der Waals surface area contributed by atoms with Gasteiger partial charge in [-0.25, -0.2) is 9.37 Å². The number of hydrogen-bond acceptors (Lipinski definition) is 5. The van der Waals surface area contributed by atoms with E-state index in [4.69, 9.17) is 4.99 Å². The fourth-order valence-corrected chi connectivity index (χ4v) is 6.80. The van der Waals surface area contributed by atoms with Crippen molar-refractivity contribution < 1.29 is 18.8 Å². The number of halogens is 1. The lowest BCUT2D eigenvalue weighted by atomic mass is 9.79. The summed E-state index contributed by atoms with van der Waals surface area (Å²) in [7, 11) is 0. The molecule has 2 spiro atoms. The third-order valence-electron chi connectivity index (χ3n) is 8.78. The molecule has 2 aliphatic heterocycles. The number of pyridine rings is 1. The van der Waals surface area contributed by atoms with Gasteiger partial charge >= 0.3 is 0 Å². The highest BCUT2D eigenvalue weighted by Gasteiger charge is 2.51. The molecule has 2 aliphatic carbocycles. The van der Waals surface area contributed by atoms with Gasteiger partial charge in [0.1, 0.15) is 29.6 Å². The minimum atomic E-state index is -0.926. The summed E-state index contributed by atoms with van der Waals surface area (Å²) in [5, 5.41) is 5.82. The molecule has 4 aliphatic rings. The molecular formula is C31H28FN5O3. The van der Waals surface area contributed by atoms with Crippen molar-refractivity contribution in [2.75, 3.05) is 17.2 Å². The molecular weight excluding hydrogens is 509 g/mol. The Labute approximate surface area is 230 Å². The molecule has 1 unspecified atom stereocenters. The Kier molecular flexibility index (Phi) is 5.59. The lowest BCUT2D eigenvalue weighted by molar-refractivity contribution is -0.134. The van der Waals surface area contributed by atoms with E-state index in [1.165, 1.54) is 11.0 Å². The summed E-state index contributed by atoms with van der Waals surface area (Å²) >= 11 is 0. The average molecular weight is 538 g/mol. The van der Waals surface area contributed by atoms with Crippen LogP contribution in [0.25, 0.3) is 0 Å². The van der Waals surface area contributed by atoms with Crippen LogP contribution in [0.2, 0.25) is 0 Å². The molecule has 0 bridgehead atoms. The molecule has 202 valence electrons. The first kappa shape index (κ1) is 24.6. The van der Waals surface area contributed by atoms with Crippen molar-refractivity contribution >= 4 is 35.1 Å². The van der Waals surface area contributed by atoms with Crippen LogP contribution in [-0.4, -0.2) is 45.5 Å². The SMILES string of the molecule is O=C(CN1C(=O)C2(CCCCC2)N=C1c1ccccc1F)Nc1ccc2c(c1)CC1(C2)C(=O)Nc2ncccc21. The summed E-state index contributed by atoms with van der Waals surface area (Å²) in [4.78, 5) is 50.4. The Hall–Kier alpha value is -4.40. The van der Waals surface area contributed by atoms with Crippen molar-refractivity contribution in [1.82, 2.24) is 9.88 Å². The molecule has 7 rings (SSSR count). The number of nitrogens with one attached hydrogen (secondary N) is 2. The molecule has 1 atom stereocenters. The van der Waals surface area contributed by atoms with Gasteiger partial charge in [-0.15, -0.1) is 0 Å². The molecule has 1 saturated carbocycles. The van der Waals surface area contributed by atoms with Gasteiger partial charge in [0.15, 0.2) is 0 Å².